The van der Waals surface area contributed by atoms with E-state index in [9.17, 15) is 19.2 Å². The summed E-state index contributed by atoms with van der Waals surface area (Å²) in [7, 11) is 1.19. The number of aromatic nitrogens is 10. The molecule has 0 bridgehead atoms. The molecule has 17 nitrogen and oxygen atoms in total. The Labute approximate surface area is 363 Å². The van der Waals surface area contributed by atoms with E-state index in [4.69, 9.17) is 0 Å². The molecule has 310 valence electrons. The summed E-state index contributed by atoms with van der Waals surface area (Å²) in [5.74, 6) is 0.472. The second kappa shape index (κ2) is 24.5. The fraction of sp³-hybridized carbons (Fsp3) is 0.564. The molecule has 0 saturated carbocycles. The van der Waals surface area contributed by atoms with Gasteiger partial charge in [0.15, 0.2) is 11.6 Å². The first-order chi connectivity index (χ1) is 26.9. The van der Waals surface area contributed by atoms with E-state index >= 15 is 0 Å². The topological polar surface area (TPSA) is 197 Å². The number of likely N-dealkylation sites (tertiary alicyclic amines) is 2. The van der Waals surface area contributed by atoms with E-state index in [0.29, 0.717) is 44.2 Å². The Bertz CT molecular complexity index is 1860. The van der Waals surface area contributed by atoms with Gasteiger partial charge in [-0.1, -0.05) is 39.8 Å². The van der Waals surface area contributed by atoms with Crippen LogP contribution in [0.3, 0.4) is 0 Å². The van der Waals surface area contributed by atoms with E-state index in [1.165, 1.54) is 29.9 Å². The molecule has 58 heavy (non-hydrogen) atoms. The van der Waals surface area contributed by atoms with Crippen molar-refractivity contribution in [1.29, 1.82) is 0 Å². The summed E-state index contributed by atoms with van der Waals surface area (Å²) in [6.07, 6.45) is 14.0. The first-order valence-electron chi connectivity index (χ1n) is 19.2. The fourth-order valence-electron chi connectivity index (χ4n) is 5.76. The number of carbonyl (C=O) groups is 4. The van der Waals surface area contributed by atoms with Crippen molar-refractivity contribution in [3.05, 3.63) is 77.7 Å². The number of nitrogens with zero attached hydrogens (tertiary/aromatic N) is 12. The predicted octanol–water partition coefficient (Wildman–Crippen LogP) is 0.761. The number of aryl methyl sites for hydroxylation is 4. The summed E-state index contributed by atoms with van der Waals surface area (Å²) in [5, 5.41) is 23.7. The van der Waals surface area contributed by atoms with Crippen LogP contribution in [0.1, 0.15) is 115 Å². The molecule has 2 amide bonds. The zero-order valence-corrected chi connectivity index (χ0v) is 36.9. The van der Waals surface area contributed by atoms with Crippen LogP contribution in [-0.4, -0.2) is 127 Å². The molecule has 0 aliphatic carbocycles. The number of ether oxygens (including phenoxy) is 1. The second-order valence-corrected chi connectivity index (χ2v) is 14.7. The van der Waals surface area contributed by atoms with Crippen molar-refractivity contribution in [3.8, 4) is 0 Å². The van der Waals surface area contributed by atoms with E-state index in [-0.39, 0.29) is 53.3 Å². The largest absolute Gasteiger partial charge is 2.00 e. The van der Waals surface area contributed by atoms with Gasteiger partial charge >= 0.3 is 34.9 Å². The molecule has 2 saturated heterocycles. The van der Waals surface area contributed by atoms with Crippen LogP contribution in [0.2, 0.25) is 0 Å². The first kappa shape index (κ1) is 49.7. The van der Waals surface area contributed by atoms with E-state index in [0.717, 1.165) is 44.1 Å². The number of esters is 1. The summed E-state index contributed by atoms with van der Waals surface area (Å²) >= 11 is 0. The summed E-state index contributed by atoms with van der Waals surface area (Å²) in [4.78, 5) is 59.7. The average molecular weight is 832 g/mol. The van der Waals surface area contributed by atoms with Crippen molar-refractivity contribution in [1.82, 2.24) is 60.2 Å². The number of tetrazole rings is 2. The molecule has 2 aliphatic rings. The van der Waals surface area contributed by atoms with E-state index in [2.05, 4.69) is 66.5 Å². The summed E-state index contributed by atoms with van der Waals surface area (Å²) in [5.41, 5.74) is 1.67. The van der Waals surface area contributed by atoms with Gasteiger partial charge in [-0.3, -0.25) is 24.4 Å². The van der Waals surface area contributed by atoms with Crippen LogP contribution in [-0.2, 0) is 49.8 Å². The molecule has 2 atom stereocenters. The third-order valence-electron chi connectivity index (χ3n) is 10.2. The number of ketones is 1. The number of pyridine rings is 2. The van der Waals surface area contributed by atoms with E-state index in [1.54, 1.807) is 26.7 Å². The third kappa shape index (κ3) is 13.6. The Morgan fingerprint density at radius 2 is 1.24 bits per heavy atom. The van der Waals surface area contributed by atoms with Gasteiger partial charge in [0.05, 0.1) is 19.2 Å². The van der Waals surface area contributed by atoms with Gasteiger partial charge in [0.1, 0.15) is 0 Å². The summed E-state index contributed by atoms with van der Waals surface area (Å²) in [6.45, 7) is 14.3. The monoisotopic (exact) mass is 830 g/mol. The minimum absolute atomic E-state index is 0. The standard InChI is InChI=1S/C19H26N6O2.C15H18N6O3.C5H11.ClH.Mg/c1-4-19(2,3)16(26)18(27)24-12-9-15(24)17-21-22-23-25(17)11-6-8-14-7-5-10-20-13-14;1-24-15(23)14(22)20-9-6-12(20)13-17-18-19-21(13)8-3-5-11-4-2-7-16-10-11;1-4-5(2)3;;/h5,7,10,13,15H,4,6,8-9,11-12H2,1-3H3;2,4,7,10,12H,3,5-6,8-9H2,1H3;4H2,1-3H3;1H;/q;;-1;;+2/p-1/t15-;12-;;;/m00.../s1. The Hall–Kier alpha value is -4.42. The zero-order chi connectivity index (χ0) is 40.7. The minimum Gasteiger partial charge on any atom is -1.00 e. The van der Waals surface area contributed by atoms with Gasteiger partial charge in [0.2, 0.25) is 5.78 Å². The first-order valence-corrected chi connectivity index (χ1v) is 19.2. The van der Waals surface area contributed by atoms with Crippen molar-refractivity contribution in [2.45, 2.75) is 118 Å². The molecule has 0 radical (unpaired) electrons. The van der Waals surface area contributed by atoms with Crippen LogP contribution in [0, 0.1) is 11.3 Å². The number of Topliss-reactive ketones (excluding diaryl/α,β-unsaturated/α-hetero) is 1. The van der Waals surface area contributed by atoms with Crippen molar-refractivity contribution < 1.29 is 36.3 Å². The van der Waals surface area contributed by atoms with Gasteiger partial charge in [0.25, 0.3) is 5.91 Å². The third-order valence-corrected chi connectivity index (χ3v) is 10.2. The second-order valence-electron chi connectivity index (χ2n) is 14.7. The maximum Gasteiger partial charge on any atom is 2.00 e. The van der Waals surface area contributed by atoms with Crippen molar-refractivity contribution >= 4 is 46.6 Å². The molecule has 6 rings (SSSR count). The molecule has 2 aliphatic heterocycles. The van der Waals surface area contributed by atoms with Gasteiger partial charge in [-0.25, -0.2) is 14.2 Å². The molecule has 0 unspecified atom stereocenters. The van der Waals surface area contributed by atoms with E-state index < -0.39 is 23.2 Å². The van der Waals surface area contributed by atoms with Crippen LogP contribution in [0.4, 0.5) is 0 Å². The van der Waals surface area contributed by atoms with Crippen LogP contribution in [0.5, 0.6) is 0 Å². The van der Waals surface area contributed by atoms with Gasteiger partial charge in [-0.15, -0.1) is 10.2 Å². The molecule has 6 heterocycles. The number of hydrogen-bond donors (Lipinski definition) is 0. The van der Waals surface area contributed by atoms with Crippen LogP contribution >= 0.6 is 0 Å². The van der Waals surface area contributed by atoms with E-state index in [1.807, 2.05) is 57.4 Å². The number of amides is 2. The van der Waals surface area contributed by atoms with Crippen molar-refractivity contribution in [3.63, 3.8) is 0 Å². The number of rotatable bonds is 14. The van der Waals surface area contributed by atoms with Gasteiger partial charge in [-0.05, 0) is 89.1 Å². The Morgan fingerprint density at radius 3 is 1.59 bits per heavy atom. The quantitative estimate of drug-likeness (QED) is 0.0749. The fourth-order valence-corrected chi connectivity index (χ4v) is 5.76. The maximum atomic E-state index is 12.6. The molecule has 0 spiro atoms. The molecule has 0 N–H and O–H groups in total. The predicted molar refractivity (Wildman–Crippen MR) is 211 cm³/mol. The molecule has 4 aromatic rings. The number of halogens is 1. The number of carbonyl (C=O) groups excluding carboxylic acids is 4. The SMILES string of the molecule is CCC(C)(C)C(=O)C(=O)N1CC[C@H]1c1nnnn1CCCc1cccnc1.CC[C-](C)C.COC(=O)C(=O)N1CC[C@H]1c1nnnn1CCCc1cccnc1.[Cl-].[Mg+2]. The Balaban J connectivity index is 0.000000349. The number of hydrogen-bond acceptors (Lipinski definition) is 13. The minimum atomic E-state index is -0.865. The maximum absolute atomic E-state index is 12.6. The Morgan fingerprint density at radius 1 is 0.793 bits per heavy atom. The Kier molecular flexibility index (Phi) is 21.0. The molecule has 4 aromatic heterocycles. The van der Waals surface area contributed by atoms with Crippen LogP contribution in [0.25, 0.3) is 0 Å². The van der Waals surface area contributed by atoms with Gasteiger partial charge in [0, 0.05) is 56.4 Å². The molecule has 2 fully saturated rings. The van der Waals surface area contributed by atoms with Crippen LogP contribution < -0.4 is 12.4 Å². The normalized spacial score (nSPS) is 15.5. The van der Waals surface area contributed by atoms with Crippen molar-refractivity contribution in [2.75, 3.05) is 20.2 Å². The van der Waals surface area contributed by atoms with Crippen LogP contribution in [0.15, 0.2) is 49.1 Å². The molecule has 0 aromatic carbocycles. The van der Waals surface area contributed by atoms with Gasteiger partial charge in [-0.2, -0.15) is 20.3 Å². The number of methoxy groups -OCH3 is 1. The zero-order valence-electron chi connectivity index (χ0n) is 34.8. The molecular formula is C39H55ClMgN12O5. The molecule has 19 heteroatoms. The summed E-state index contributed by atoms with van der Waals surface area (Å²) < 4.78 is 7.92. The average Bonchev–Trinajstić information content (AvgIpc) is 3.84. The smallest absolute Gasteiger partial charge is 1.00 e. The summed E-state index contributed by atoms with van der Waals surface area (Å²) in [6, 6.07) is 7.40. The van der Waals surface area contributed by atoms with Gasteiger partial charge < -0.3 is 32.9 Å². The van der Waals surface area contributed by atoms with Crippen molar-refractivity contribution in [2.24, 2.45) is 5.41 Å². The molecular weight excluding hydrogens is 776 g/mol.